The Morgan fingerprint density at radius 2 is 2.05 bits per heavy atom. The van der Waals surface area contributed by atoms with E-state index in [2.05, 4.69) is 30.4 Å². The van der Waals surface area contributed by atoms with Gasteiger partial charge in [-0.3, -0.25) is 19.4 Å². The van der Waals surface area contributed by atoms with Gasteiger partial charge in [0.15, 0.2) is 0 Å². The molecule has 40 heavy (non-hydrogen) atoms. The number of fused-ring (bicyclic) bond motifs is 1. The molecule has 2 fully saturated rings. The summed E-state index contributed by atoms with van der Waals surface area (Å²) in [6, 6.07) is 8.12. The molecule has 0 saturated carbocycles. The van der Waals surface area contributed by atoms with E-state index in [-0.39, 0.29) is 16.9 Å². The largest absolute Gasteiger partial charge is 0.494 e. The average Bonchev–Trinajstić information content (AvgIpc) is 2.95. The summed E-state index contributed by atoms with van der Waals surface area (Å²) in [5.41, 5.74) is 1.61. The van der Waals surface area contributed by atoms with Crippen molar-refractivity contribution in [2.45, 2.75) is 18.9 Å². The predicted molar refractivity (Wildman–Crippen MR) is 151 cm³/mol. The molecule has 2 aliphatic heterocycles. The number of piperidine rings is 1. The molecule has 2 N–H and O–H groups in total. The van der Waals surface area contributed by atoms with Crippen LogP contribution >= 0.6 is 11.6 Å². The van der Waals surface area contributed by atoms with Gasteiger partial charge in [-0.05, 0) is 50.2 Å². The van der Waals surface area contributed by atoms with Crippen molar-refractivity contribution in [2.75, 3.05) is 57.1 Å². The van der Waals surface area contributed by atoms with E-state index in [1.54, 1.807) is 18.2 Å². The van der Waals surface area contributed by atoms with Crippen molar-refractivity contribution < 1.29 is 23.5 Å². The second kappa shape index (κ2) is 12.6. The second-order valence-electron chi connectivity index (χ2n) is 9.66. The highest BCUT2D eigenvalue weighted by Gasteiger charge is 2.28. The first-order chi connectivity index (χ1) is 19.4. The minimum absolute atomic E-state index is 0.0114. The highest BCUT2D eigenvalue weighted by molar-refractivity contribution is 6.31. The Morgan fingerprint density at radius 1 is 1.23 bits per heavy atom. The van der Waals surface area contributed by atoms with Crippen molar-refractivity contribution >= 4 is 51.6 Å². The molecule has 0 radical (unpaired) electrons. The number of nitrogens with zero attached hydrogens (tertiary/aromatic N) is 4. The molecule has 5 rings (SSSR count). The third-order valence-electron chi connectivity index (χ3n) is 7.08. The molecule has 2 saturated heterocycles. The molecule has 3 heterocycles. The summed E-state index contributed by atoms with van der Waals surface area (Å²) < 4.78 is 24.1. The molecule has 0 bridgehead atoms. The van der Waals surface area contributed by atoms with E-state index in [0.29, 0.717) is 59.6 Å². The molecule has 0 unspecified atom stereocenters. The molecular formula is C28H30ClFN6O4. The van der Waals surface area contributed by atoms with Crippen molar-refractivity contribution in [2.24, 2.45) is 0 Å². The number of ether oxygens (including phenoxy) is 2. The monoisotopic (exact) mass is 568 g/mol. The van der Waals surface area contributed by atoms with Gasteiger partial charge < -0.3 is 20.1 Å². The number of aromatic nitrogens is 2. The molecule has 10 nitrogen and oxygen atoms in total. The Morgan fingerprint density at radius 3 is 2.80 bits per heavy atom. The van der Waals surface area contributed by atoms with E-state index in [1.165, 1.54) is 31.6 Å². The lowest BCUT2D eigenvalue weighted by Gasteiger charge is -2.39. The van der Waals surface area contributed by atoms with Crippen LogP contribution in [0.15, 0.2) is 48.8 Å². The van der Waals surface area contributed by atoms with Crippen LogP contribution in [0, 0.1) is 5.82 Å². The number of halogens is 2. The number of likely N-dealkylation sites (tertiary alicyclic amines) is 1. The van der Waals surface area contributed by atoms with Crippen LogP contribution in [0.2, 0.25) is 5.02 Å². The predicted octanol–water partition coefficient (Wildman–Crippen LogP) is 3.99. The Balaban J connectivity index is 1.21. The maximum absolute atomic E-state index is 13.6. The Bertz CT molecular complexity index is 1430. The SMILES string of the molecule is COc1cc2ncnc(Nc3ccc(F)c(Cl)c3)c2cc1NC(=O)C=CCN1CCC(N2CCOC(=O)C2)CC1. The summed E-state index contributed by atoms with van der Waals surface area (Å²) >= 11 is 5.92. The number of nitrogens with one attached hydrogen (secondary N) is 2. The standard InChI is InChI=1S/C28H30ClFN6O4/c1-39-25-15-23-20(28(32-17-31-23)33-18-4-5-22(30)21(29)13-18)14-24(25)34-26(37)3-2-8-35-9-6-19(7-10-35)36-11-12-40-27(38)16-36/h2-5,13-15,17,19H,6-12,16H2,1H3,(H,34,37)(H,31,32,33). The summed E-state index contributed by atoms with van der Waals surface area (Å²) in [4.78, 5) is 37.5. The van der Waals surface area contributed by atoms with Crippen LogP contribution in [0.4, 0.5) is 21.6 Å². The van der Waals surface area contributed by atoms with Crippen LogP contribution in [0.25, 0.3) is 10.9 Å². The maximum Gasteiger partial charge on any atom is 0.320 e. The molecule has 0 atom stereocenters. The van der Waals surface area contributed by atoms with Gasteiger partial charge in [0.1, 0.15) is 30.3 Å². The molecule has 0 aliphatic carbocycles. The van der Waals surface area contributed by atoms with Crippen molar-refractivity contribution in [3.8, 4) is 5.75 Å². The van der Waals surface area contributed by atoms with E-state index < -0.39 is 5.82 Å². The molecule has 2 aromatic carbocycles. The fourth-order valence-corrected chi connectivity index (χ4v) is 5.17. The quantitative estimate of drug-likeness (QED) is 0.308. The third kappa shape index (κ3) is 6.67. The van der Waals surface area contributed by atoms with Gasteiger partial charge in [0.25, 0.3) is 0 Å². The topological polar surface area (TPSA) is 109 Å². The average molecular weight is 569 g/mol. The van der Waals surface area contributed by atoms with Gasteiger partial charge in [0.2, 0.25) is 5.91 Å². The van der Waals surface area contributed by atoms with Gasteiger partial charge in [0, 0.05) is 42.3 Å². The number of methoxy groups -OCH3 is 1. The second-order valence-corrected chi connectivity index (χ2v) is 10.1. The van der Waals surface area contributed by atoms with Crippen molar-refractivity contribution in [3.63, 3.8) is 0 Å². The van der Waals surface area contributed by atoms with Crippen LogP contribution in [0.5, 0.6) is 5.75 Å². The molecule has 1 aromatic heterocycles. The number of benzene rings is 2. The highest BCUT2D eigenvalue weighted by atomic mass is 35.5. The van der Waals surface area contributed by atoms with Crippen molar-refractivity contribution in [1.82, 2.24) is 19.8 Å². The number of morpholine rings is 1. The van der Waals surface area contributed by atoms with E-state index in [4.69, 9.17) is 21.1 Å². The smallest absolute Gasteiger partial charge is 0.320 e. The minimum Gasteiger partial charge on any atom is -0.494 e. The van der Waals surface area contributed by atoms with Crippen LogP contribution < -0.4 is 15.4 Å². The fraction of sp³-hybridized carbons (Fsp3) is 0.357. The summed E-state index contributed by atoms with van der Waals surface area (Å²) in [7, 11) is 1.52. The lowest BCUT2D eigenvalue weighted by atomic mass is 10.0. The molecule has 3 aromatic rings. The maximum atomic E-state index is 13.6. The number of hydrogen-bond donors (Lipinski definition) is 2. The summed E-state index contributed by atoms with van der Waals surface area (Å²) in [5, 5.41) is 6.63. The summed E-state index contributed by atoms with van der Waals surface area (Å²) in [6.45, 7) is 4.07. The Kier molecular flexibility index (Phi) is 8.73. The number of carbonyl (C=O) groups excluding carboxylic acids is 2. The Hall–Kier alpha value is -3.80. The van der Waals surface area contributed by atoms with E-state index in [9.17, 15) is 14.0 Å². The van der Waals surface area contributed by atoms with Crippen LogP contribution in [-0.2, 0) is 14.3 Å². The zero-order chi connectivity index (χ0) is 28.1. The van der Waals surface area contributed by atoms with E-state index >= 15 is 0 Å². The Labute approximate surface area is 236 Å². The molecule has 210 valence electrons. The van der Waals surface area contributed by atoms with E-state index in [0.717, 1.165) is 32.5 Å². The molecule has 1 amide bonds. The van der Waals surface area contributed by atoms with E-state index in [1.807, 2.05) is 6.08 Å². The normalized spacial score (nSPS) is 17.2. The zero-order valence-electron chi connectivity index (χ0n) is 22.0. The lowest BCUT2D eigenvalue weighted by molar-refractivity contribution is -0.152. The van der Waals surface area contributed by atoms with Crippen molar-refractivity contribution in [3.05, 3.63) is 59.7 Å². The van der Waals surface area contributed by atoms with Gasteiger partial charge in [-0.25, -0.2) is 14.4 Å². The van der Waals surface area contributed by atoms with Gasteiger partial charge in [-0.2, -0.15) is 0 Å². The third-order valence-corrected chi connectivity index (χ3v) is 7.37. The molecule has 12 heteroatoms. The van der Waals surface area contributed by atoms with Crippen LogP contribution in [0.3, 0.4) is 0 Å². The first-order valence-electron chi connectivity index (χ1n) is 13.0. The highest BCUT2D eigenvalue weighted by Crippen LogP contribution is 2.33. The van der Waals surface area contributed by atoms with Crippen LogP contribution in [-0.4, -0.2) is 84.1 Å². The number of cyclic esters (lactones) is 1. The number of amides is 1. The summed E-state index contributed by atoms with van der Waals surface area (Å²) in [5.74, 6) is -0.0455. The number of anilines is 3. The molecule has 0 spiro atoms. The number of rotatable bonds is 8. The summed E-state index contributed by atoms with van der Waals surface area (Å²) in [6.07, 6.45) is 6.71. The number of hydrogen-bond acceptors (Lipinski definition) is 9. The molecular weight excluding hydrogens is 539 g/mol. The van der Waals surface area contributed by atoms with Crippen LogP contribution in [0.1, 0.15) is 12.8 Å². The fourth-order valence-electron chi connectivity index (χ4n) is 4.99. The first kappa shape index (κ1) is 27.8. The molecule has 2 aliphatic rings. The minimum atomic E-state index is -0.516. The zero-order valence-corrected chi connectivity index (χ0v) is 22.8. The van der Waals surface area contributed by atoms with Gasteiger partial charge in [-0.1, -0.05) is 17.7 Å². The number of carbonyl (C=O) groups is 2. The van der Waals surface area contributed by atoms with Gasteiger partial charge in [0.05, 0.1) is 29.9 Å². The first-order valence-corrected chi connectivity index (χ1v) is 13.4. The van der Waals surface area contributed by atoms with Crippen molar-refractivity contribution in [1.29, 1.82) is 0 Å². The number of esters is 1. The lowest BCUT2D eigenvalue weighted by Crippen LogP contribution is -2.50. The van der Waals surface area contributed by atoms with Gasteiger partial charge >= 0.3 is 5.97 Å². The van der Waals surface area contributed by atoms with Gasteiger partial charge in [-0.15, -0.1) is 0 Å².